The second-order valence-electron chi connectivity index (χ2n) is 8.89. The number of nitrogens with one attached hydrogen (secondary N) is 1. The minimum absolute atomic E-state index is 0.0209. The third-order valence-electron chi connectivity index (χ3n) is 5.77. The van der Waals surface area contributed by atoms with E-state index in [2.05, 4.69) is 4.72 Å². The number of anilines is 1. The van der Waals surface area contributed by atoms with E-state index in [0.717, 1.165) is 0 Å². The molecular formula is C24H33N3O5S. The van der Waals surface area contributed by atoms with Crippen LogP contribution >= 0.6 is 0 Å². The summed E-state index contributed by atoms with van der Waals surface area (Å²) < 4.78 is 34.5. The van der Waals surface area contributed by atoms with E-state index in [-0.39, 0.29) is 41.9 Å². The molecule has 1 aliphatic rings. The predicted molar refractivity (Wildman–Crippen MR) is 128 cm³/mol. The van der Waals surface area contributed by atoms with Crippen molar-refractivity contribution >= 4 is 21.6 Å². The highest BCUT2D eigenvalue weighted by Crippen LogP contribution is 2.30. The molecule has 0 saturated carbocycles. The number of sulfonamides is 1. The lowest BCUT2D eigenvalue weighted by atomic mass is 10.0. The van der Waals surface area contributed by atoms with Gasteiger partial charge in [-0.25, -0.2) is 8.42 Å². The van der Waals surface area contributed by atoms with Crippen molar-refractivity contribution in [2.75, 3.05) is 38.5 Å². The maximum atomic E-state index is 13.2. The van der Waals surface area contributed by atoms with Crippen molar-refractivity contribution < 1.29 is 23.1 Å². The van der Waals surface area contributed by atoms with Gasteiger partial charge in [0.2, 0.25) is 5.91 Å². The third kappa shape index (κ3) is 6.25. The molecule has 180 valence electrons. The van der Waals surface area contributed by atoms with Gasteiger partial charge in [0, 0.05) is 30.3 Å². The van der Waals surface area contributed by atoms with Crippen molar-refractivity contribution in [2.45, 2.75) is 37.3 Å². The number of amides is 1. The molecule has 8 nitrogen and oxygen atoms in total. The van der Waals surface area contributed by atoms with Crippen LogP contribution in [0, 0.1) is 5.92 Å². The van der Waals surface area contributed by atoms with Crippen LogP contribution in [-0.4, -0.2) is 75.2 Å². The van der Waals surface area contributed by atoms with Crippen molar-refractivity contribution in [1.82, 2.24) is 9.80 Å². The number of benzene rings is 2. The molecule has 0 saturated heterocycles. The van der Waals surface area contributed by atoms with E-state index >= 15 is 0 Å². The summed E-state index contributed by atoms with van der Waals surface area (Å²) in [5.74, 6) is 0.442. The molecule has 3 atom stereocenters. The Balaban J connectivity index is 1.97. The highest BCUT2D eigenvalue weighted by Gasteiger charge is 2.31. The first-order valence-electron chi connectivity index (χ1n) is 11.0. The van der Waals surface area contributed by atoms with Gasteiger partial charge in [-0.3, -0.25) is 9.52 Å². The minimum atomic E-state index is -3.77. The molecule has 2 N–H and O–H groups in total. The van der Waals surface area contributed by atoms with Crippen LogP contribution in [0.5, 0.6) is 5.75 Å². The Kier molecular flexibility index (Phi) is 7.99. The molecular weight excluding hydrogens is 442 g/mol. The summed E-state index contributed by atoms with van der Waals surface area (Å²) in [6.45, 7) is 4.82. The quantitative estimate of drug-likeness (QED) is 0.637. The number of hydrogen-bond donors (Lipinski definition) is 2. The van der Waals surface area contributed by atoms with Crippen LogP contribution in [0.3, 0.4) is 0 Å². The molecule has 3 rings (SSSR count). The van der Waals surface area contributed by atoms with Gasteiger partial charge in [0.1, 0.15) is 11.9 Å². The second kappa shape index (κ2) is 10.5. The first-order valence-corrected chi connectivity index (χ1v) is 12.5. The van der Waals surface area contributed by atoms with Crippen LogP contribution in [0.2, 0.25) is 0 Å². The summed E-state index contributed by atoms with van der Waals surface area (Å²) in [7, 11) is 0.159. The maximum absolute atomic E-state index is 13.2. The minimum Gasteiger partial charge on any atom is -0.488 e. The van der Waals surface area contributed by atoms with Crippen LogP contribution in [0.1, 0.15) is 19.4 Å². The molecule has 0 unspecified atom stereocenters. The molecule has 9 heteroatoms. The van der Waals surface area contributed by atoms with Crippen LogP contribution in [0.4, 0.5) is 5.69 Å². The Labute approximate surface area is 196 Å². The van der Waals surface area contributed by atoms with Gasteiger partial charge in [0.15, 0.2) is 0 Å². The molecule has 0 aromatic heterocycles. The summed E-state index contributed by atoms with van der Waals surface area (Å²) in [4.78, 5) is 17.1. The molecule has 33 heavy (non-hydrogen) atoms. The highest BCUT2D eigenvalue weighted by molar-refractivity contribution is 7.92. The average Bonchev–Trinajstić information content (AvgIpc) is 2.81. The largest absolute Gasteiger partial charge is 0.488 e. The van der Waals surface area contributed by atoms with Crippen molar-refractivity contribution in [3.05, 3.63) is 54.1 Å². The van der Waals surface area contributed by atoms with Crippen LogP contribution in [0.15, 0.2) is 53.4 Å². The smallest absolute Gasteiger partial charge is 0.261 e. The summed E-state index contributed by atoms with van der Waals surface area (Å²) in [6, 6.07) is 12.8. The molecule has 2 aromatic rings. The predicted octanol–water partition coefficient (Wildman–Crippen LogP) is 2.20. The first-order chi connectivity index (χ1) is 15.6. The highest BCUT2D eigenvalue weighted by atomic mass is 32.2. The molecule has 0 aliphatic carbocycles. The van der Waals surface area contributed by atoms with E-state index in [1.165, 1.54) is 12.1 Å². The zero-order chi connectivity index (χ0) is 24.2. The van der Waals surface area contributed by atoms with E-state index in [0.29, 0.717) is 30.1 Å². The summed E-state index contributed by atoms with van der Waals surface area (Å²) in [5, 5.41) is 9.70. The molecule has 1 aliphatic heterocycles. The standard InChI is InChI=1S/C24H33N3O5S/c1-17-14-27(18(2)16-28)24(29)13-19-12-20(10-11-22(19)32-23(17)15-26(3)4)25-33(30,31)21-8-6-5-7-9-21/h5-12,17-18,23,25,28H,13-16H2,1-4H3/t17-,18+,23-/m1/s1. The number of likely N-dealkylation sites (N-methyl/N-ethyl adjacent to an activating group) is 1. The van der Waals surface area contributed by atoms with Gasteiger partial charge < -0.3 is 19.6 Å². The number of rotatable bonds is 7. The van der Waals surface area contributed by atoms with E-state index in [9.17, 15) is 18.3 Å². The number of nitrogens with zero attached hydrogens (tertiary/aromatic N) is 2. The van der Waals surface area contributed by atoms with Crippen LogP contribution in [-0.2, 0) is 21.2 Å². The summed E-state index contributed by atoms with van der Waals surface area (Å²) >= 11 is 0. The summed E-state index contributed by atoms with van der Waals surface area (Å²) in [5.41, 5.74) is 0.952. The van der Waals surface area contributed by atoms with Crippen molar-refractivity contribution in [2.24, 2.45) is 5.92 Å². The van der Waals surface area contributed by atoms with E-state index in [4.69, 9.17) is 4.74 Å². The third-order valence-corrected chi connectivity index (χ3v) is 7.16. The second-order valence-corrected chi connectivity index (χ2v) is 10.6. The SMILES string of the molecule is C[C@@H]1CN([C@@H](C)CO)C(=O)Cc2cc(NS(=O)(=O)c3ccccc3)ccc2O[C@@H]1CN(C)C. The molecule has 0 bridgehead atoms. The van der Waals surface area contributed by atoms with E-state index in [1.807, 2.05) is 32.8 Å². The van der Waals surface area contributed by atoms with Gasteiger partial charge in [0.25, 0.3) is 10.0 Å². The van der Waals surface area contributed by atoms with E-state index in [1.54, 1.807) is 41.3 Å². The average molecular weight is 476 g/mol. The van der Waals surface area contributed by atoms with Crippen molar-refractivity contribution in [3.63, 3.8) is 0 Å². The van der Waals surface area contributed by atoms with Gasteiger partial charge in [-0.05, 0) is 51.4 Å². The normalized spacial score (nSPS) is 20.3. The zero-order valence-electron chi connectivity index (χ0n) is 19.6. The van der Waals surface area contributed by atoms with E-state index < -0.39 is 10.0 Å². The molecule has 1 amide bonds. The number of aliphatic hydroxyl groups is 1. The number of hydrogen-bond acceptors (Lipinski definition) is 6. The molecule has 0 fully saturated rings. The fourth-order valence-electron chi connectivity index (χ4n) is 3.88. The van der Waals surface area contributed by atoms with Crippen LogP contribution in [0.25, 0.3) is 0 Å². The van der Waals surface area contributed by atoms with Gasteiger partial charge in [-0.15, -0.1) is 0 Å². The summed E-state index contributed by atoms with van der Waals surface area (Å²) in [6.07, 6.45) is -0.146. The van der Waals surface area contributed by atoms with Crippen molar-refractivity contribution in [1.29, 1.82) is 0 Å². The molecule has 2 aromatic carbocycles. The number of fused-ring (bicyclic) bond motifs is 1. The monoisotopic (exact) mass is 475 g/mol. The lowest BCUT2D eigenvalue weighted by Gasteiger charge is -2.33. The molecule has 0 radical (unpaired) electrons. The van der Waals surface area contributed by atoms with Gasteiger partial charge in [-0.2, -0.15) is 0 Å². The Hall–Kier alpha value is -2.62. The Bertz CT molecular complexity index is 1060. The Morgan fingerprint density at radius 1 is 1.21 bits per heavy atom. The zero-order valence-corrected chi connectivity index (χ0v) is 20.4. The van der Waals surface area contributed by atoms with Crippen LogP contribution < -0.4 is 9.46 Å². The maximum Gasteiger partial charge on any atom is 0.261 e. The van der Waals surface area contributed by atoms with Crippen molar-refractivity contribution in [3.8, 4) is 5.75 Å². The number of carbonyl (C=O) groups is 1. The number of aliphatic hydroxyl groups excluding tert-OH is 1. The number of carbonyl (C=O) groups excluding carboxylic acids is 1. The first kappa shape index (κ1) is 25.0. The number of ether oxygens (including phenoxy) is 1. The lowest BCUT2D eigenvalue weighted by Crippen LogP contribution is -2.47. The molecule has 1 heterocycles. The Morgan fingerprint density at radius 2 is 1.91 bits per heavy atom. The lowest BCUT2D eigenvalue weighted by molar-refractivity contribution is -0.134. The Morgan fingerprint density at radius 3 is 2.55 bits per heavy atom. The van der Waals surface area contributed by atoms with Gasteiger partial charge in [0.05, 0.1) is 24.0 Å². The van der Waals surface area contributed by atoms with Gasteiger partial charge >= 0.3 is 0 Å². The fourth-order valence-corrected chi connectivity index (χ4v) is 4.96. The topological polar surface area (TPSA) is 99.2 Å². The molecule has 0 spiro atoms. The van der Waals surface area contributed by atoms with Gasteiger partial charge in [-0.1, -0.05) is 25.1 Å². The fraction of sp³-hybridized carbons (Fsp3) is 0.458.